The molecule has 0 amide bonds. The van der Waals surface area contributed by atoms with Crippen molar-refractivity contribution in [2.75, 3.05) is 18.5 Å². The van der Waals surface area contributed by atoms with E-state index in [0.29, 0.717) is 0 Å². The van der Waals surface area contributed by atoms with Crippen LogP contribution in [-0.2, 0) is 0 Å². The lowest BCUT2D eigenvalue weighted by atomic mass is 9.98. The zero-order valence-corrected chi connectivity index (χ0v) is 13.4. The van der Waals surface area contributed by atoms with E-state index in [1.807, 2.05) is 6.08 Å². The fourth-order valence-electron chi connectivity index (χ4n) is 2.17. The highest BCUT2D eigenvalue weighted by Crippen LogP contribution is 2.25. The predicted molar refractivity (Wildman–Crippen MR) is 93.6 cm³/mol. The molecule has 0 unspecified atom stereocenters. The molecule has 0 aliphatic rings. The number of benzene rings is 2. The van der Waals surface area contributed by atoms with Crippen LogP contribution in [-0.4, -0.2) is 13.6 Å². The molecule has 0 saturated heterocycles. The lowest BCUT2D eigenvalue weighted by molar-refractivity contribution is 0.571. The summed E-state index contributed by atoms with van der Waals surface area (Å²) in [7, 11) is 2.11. The molecule has 0 atom stereocenters. The summed E-state index contributed by atoms with van der Waals surface area (Å²) in [5.41, 5.74) is 1.31. The zero-order valence-electron chi connectivity index (χ0n) is 13.4. The van der Waals surface area contributed by atoms with Gasteiger partial charge in [0.25, 0.3) is 0 Å². The Morgan fingerprint density at radius 1 is 1.05 bits per heavy atom. The van der Waals surface area contributed by atoms with E-state index >= 15 is 0 Å². The second-order valence-electron chi connectivity index (χ2n) is 6.30. The van der Waals surface area contributed by atoms with Gasteiger partial charge in [0.1, 0.15) is 0 Å². The van der Waals surface area contributed by atoms with Gasteiger partial charge >= 0.3 is 0 Å². The Hall–Kier alpha value is -2.20. The third-order valence-corrected chi connectivity index (χ3v) is 3.21. The molecule has 0 N–H and O–H groups in total. The number of likely N-dealkylation sites (N-methyl/N-ethyl adjacent to an activating group) is 1. The van der Waals surface area contributed by atoms with E-state index < -0.39 is 0 Å². The molecule has 2 rings (SSSR count). The minimum Gasteiger partial charge on any atom is -0.370 e. The smallest absolute Gasteiger partial charge is 0.0446 e. The SMILES string of the molecule is CN(C/C=C/C#CC(C)(C)C)c1cccc2ccccc12. The second kappa shape index (κ2) is 6.50. The number of rotatable bonds is 3. The Kier molecular flexibility index (Phi) is 4.70. The van der Waals surface area contributed by atoms with Crippen molar-refractivity contribution in [1.29, 1.82) is 0 Å². The summed E-state index contributed by atoms with van der Waals surface area (Å²) >= 11 is 0. The summed E-state index contributed by atoms with van der Waals surface area (Å²) in [6.07, 6.45) is 4.06. The minimum atomic E-state index is 0.0614. The van der Waals surface area contributed by atoms with Crippen molar-refractivity contribution in [2.45, 2.75) is 20.8 Å². The van der Waals surface area contributed by atoms with Crippen molar-refractivity contribution < 1.29 is 0 Å². The van der Waals surface area contributed by atoms with Crippen molar-refractivity contribution in [1.82, 2.24) is 0 Å². The van der Waals surface area contributed by atoms with Gasteiger partial charge in [0.05, 0.1) is 0 Å². The van der Waals surface area contributed by atoms with Crippen LogP contribution in [0.15, 0.2) is 54.6 Å². The predicted octanol–water partition coefficient (Wildman–Crippen LogP) is 4.88. The number of allylic oxidation sites excluding steroid dienone is 1. The van der Waals surface area contributed by atoms with Crippen LogP contribution in [0.5, 0.6) is 0 Å². The molecule has 2 aromatic rings. The third kappa shape index (κ3) is 4.39. The first-order chi connectivity index (χ1) is 9.97. The maximum absolute atomic E-state index is 3.21. The van der Waals surface area contributed by atoms with Crippen molar-refractivity contribution in [3.63, 3.8) is 0 Å². The maximum Gasteiger partial charge on any atom is 0.0446 e. The second-order valence-corrected chi connectivity index (χ2v) is 6.30. The van der Waals surface area contributed by atoms with E-state index in [2.05, 4.69) is 93.1 Å². The average Bonchev–Trinajstić information content (AvgIpc) is 2.45. The van der Waals surface area contributed by atoms with Crippen LogP contribution in [0.1, 0.15) is 20.8 Å². The summed E-state index contributed by atoms with van der Waals surface area (Å²) in [6, 6.07) is 14.9. The Bertz CT molecular complexity index is 688. The molecule has 2 aromatic carbocycles. The monoisotopic (exact) mass is 277 g/mol. The van der Waals surface area contributed by atoms with Gasteiger partial charge in [-0.05, 0) is 38.3 Å². The Morgan fingerprint density at radius 2 is 1.76 bits per heavy atom. The van der Waals surface area contributed by atoms with Crippen molar-refractivity contribution in [3.05, 3.63) is 54.6 Å². The van der Waals surface area contributed by atoms with Crippen LogP contribution in [0.3, 0.4) is 0 Å². The molecule has 21 heavy (non-hydrogen) atoms. The lowest BCUT2D eigenvalue weighted by Gasteiger charge is -2.19. The molecular weight excluding hydrogens is 254 g/mol. The quantitative estimate of drug-likeness (QED) is 0.723. The van der Waals surface area contributed by atoms with E-state index in [-0.39, 0.29) is 5.41 Å². The van der Waals surface area contributed by atoms with Gasteiger partial charge in [-0.1, -0.05) is 54.3 Å². The van der Waals surface area contributed by atoms with Crippen LogP contribution in [0.25, 0.3) is 10.8 Å². The molecule has 0 heterocycles. The first-order valence-corrected chi connectivity index (χ1v) is 7.34. The van der Waals surface area contributed by atoms with Gasteiger partial charge < -0.3 is 4.90 Å². The molecular formula is C20H23N. The number of anilines is 1. The minimum absolute atomic E-state index is 0.0614. The number of hydrogen-bond acceptors (Lipinski definition) is 1. The van der Waals surface area contributed by atoms with Gasteiger partial charge in [0.2, 0.25) is 0 Å². The highest BCUT2D eigenvalue weighted by molar-refractivity contribution is 5.94. The average molecular weight is 277 g/mol. The lowest BCUT2D eigenvalue weighted by Crippen LogP contribution is -2.16. The molecule has 0 spiro atoms. The summed E-state index contributed by atoms with van der Waals surface area (Å²) in [6.45, 7) is 7.22. The van der Waals surface area contributed by atoms with Crippen molar-refractivity contribution in [3.8, 4) is 11.8 Å². The molecule has 108 valence electrons. The van der Waals surface area contributed by atoms with Crippen molar-refractivity contribution in [2.24, 2.45) is 5.41 Å². The molecule has 0 bridgehead atoms. The first-order valence-electron chi connectivity index (χ1n) is 7.34. The van der Waals surface area contributed by atoms with E-state index in [1.54, 1.807) is 0 Å². The summed E-state index contributed by atoms with van der Waals surface area (Å²) < 4.78 is 0. The number of fused-ring (bicyclic) bond motifs is 1. The molecule has 0 aliphatic carbocycles. The summed E-state index contributed by atoms with van der Waals surface area (Å²) in [5, 5.41) is 2.56. The molecule has 1 heteroatoms. The van der Waals surface area contributed by atoms with Gasteiger partial charge in [0, 0.05) is 30.1 Å². The molecule has 0 saturated carbocycles. The molecule has 0 fully saturated rings. The van der Waals surface area contributed by atoms with E-state index in [1.165, 1.54) is 16.5 Å². The normalized spacial score (nSPS) is 11.4. The topological polar surface area (TPSA) is 3.24 Å². The Balaban J connectivity index is 2.11. The van der Waals surface area contributed by atoms with Crippen LogP contribution < -0.4 is 4.90 Å². The number of hydrogen-bond donors (Lipinski definition) is 0. The van der Waals surface area contributed by atoms with Gasteiger partial charge in [-0.15, -0.1) is 0 Å². The molecule has 0 aromatic heterocycles. The van der Waals surface area contributed by atoms with Gasteiger partial charge in [-0.3, -0.25) is 0 Å². The Labute approximate surface area is 128 Å². The highest BCUT2D eigenvalue weighted by atomic mass is 15.1. The molecule has 0 aliphatic heterocycles. The fraction of sp³-hybridized carbons (Fsp3) is 0.300. The first kappa shape index (κ1) is 15.2. The largest absolute Gasteiger partial charge is 0.370 e. The van der Waals surface area contributed by atoms with Crippen LogP contribution >= 0.6 is 0 Å². The number of nitrogens with zero attached hydrogens (tertiary/aromatic N) is 1. The molecule has 1 nitrogen and oxygen atoms in total. The van der Waals surface area contributed by atoms with Gasteiger partial charge in [-0.25, -0.2) is 0 Å². The Morgan fingerprint density at radius 3 is 2.52 bits per heavy atom. The summed E-state index contributed by atoms with van der Waals surface area (Å²) in [4.78, 5) is 2.25. The third-order valence-electron chi connectivity index (χ3n) is 3.21. The fourth-order valence-corrected chi connectivity index (χ4v) is 2.17. The maximum atomic E-state index is 3.21. The zero-order chi connectivity index (χ0) is 15.3. The van der Waals surface area contributed by atoms with Gasteiger partial charge in [-0.2, -0.15) is 0 Å². The summed E-state index contributed by atoms with van der Waals surface area (Å²) in [5.74, 6) is 6.32. The van der Waals surface area contributed by atoms with E-state index in [0.717, 1.165) is 6.54 Å². The van der Waals surface area contributed by atoms with E-state index in [9.17, 15) is 0 Å². The van der Waals surface area contributed by atoms with E-state index in [4.69, 9.17) is 0 Å². The standard InChI is InChI=1S/C20H23N/c1-20(2,3)15-8-5-9-16-21(4)19-14-10-12-17-11-6-7-13-18(17)19/h5-7,9-14H,16H2,1-4H3/b9-5+. The van der Waals surface area contributed by atoms with Gasteiger partial charge in [0.15, 0.2) is 0 Å². The van der Waals surface area contributed by atoms with Crippen LogP contribution in [0.4, 0.5) is 5.69 Å². The van der Waals surface area contributed by atoms with Crippen LogP contribution in [0.2, 0.25) is 0 Å². The molecule has 0 radical (unpaired) electrons. The van der Waals surface area contributed by atoms with Crippen LogP contribution in [0, 0.1) is 17.3 Å². The van der Waals surface area contributed by atoms with Crippen molar-refractivity contribution >= 4 is 16.5 Å². The highest BCUT2D eigenvalue weighted by Gasteiger charge is 2.04.